The summed E-state index contributed by atoms with van der Waals surface area (Å²) in [5.74, 6) is 1.62. The van der Waals surface area contributed by atoms with Gasteiger partial charge in [0.2, 0.25) is 5.91 Å². The second-order valence-electron chi connectivity index (χ2n) is 8.64. The maximum Gasteiger partial charge on any atom is 0.228 e. The van der Waals surface area contributed by atoms with Gasteiger partial charge in [0.05, 0.1) is 22.3 Å². The molecule has 1 aliphatic carbocycles. The molecule has 2 fully saturated rings. The summed E-state index contributed by atoms with van der Waals surface area (Å²) in [5.41, 5.74) is 3.22. The number of hydrogen-bond acceptors (Lipinski definition) is 4. The van der Waals surface area contributed by atoms with Crippen LogP contribution < -0.4 is 15.0 Å². The lowest BCUT2D eigenvalue weighted by Gasteiger charge is -2.36. The third kappa shape index (κ3) is 4.50. The Hall–Kier alpha value is -1.95. The molecule has 7 heteroatoms. The zero-order valence-corrected chi connectivity index (χ0v) is 19.0. The molecule has 2 aromatic rings. The van der Waals surface area contributed by atoms with Gasteiger partial charge in [0.1, 0.15) is 5.75 Å². The predicted molar refractivity (Wildman–Crippen MR) is 126 cm³/mol. The van der Waals surface area contributed by atoms with Crippen LogP contribution in [0.25, 0.3) is 0 Å². The van der Waals surface area contributed by atoms with Crippen LogP contribution in [0, 0.1) is 5.92 Å². The molecule has 2 aromatic carbocycles. The van der Waals surface area contributed by atoms with Crippen molar-refractivity contribution in [3.8, 4) is 5.75 Å². The van der Waals surface area contributed by atoms with E-state index in [-0.39, 0.29) is 11.8 Å². The van der Waals surface area contributed by atoms with Crippen LogP contribution in [-0.4, -0.2) is 50.1 Å². The van der Waals surface area contributed by atoms with Crippen LogP contribution in [0.5, 0.6) is 5.75 Å². The predicted octanol–water partition coefficient (Wildman–Crippen LogP) is 5.03. The number of carbonyl (C=O) groups excluding carboxylic acids is 1. The van der Waals surface area contributed by atoms with Gasteiger partial charge in [-0.25, -0.2) is 0 Å². The quantitative estimate of drug-likeness (QED) is 0.589. The fraction of sp³-hybridized carbons (Fsp3) is 0.458. The molecule has 0 spiro atoms. The van der Waals surface area contributed by atoms with Crippen LogP contribution >= 0.6 is 23.2 Å². The SMILES string of the molecule is O=C1Nc2cc(OCCCCN3CCN(c4cccc(Cl)c4Cl)CC3)ccc2C2CC12. The summed E-state index contributed by atoms with van der Waals surface area (Å²) >= 11 is 12.5. The third-order valence-electron chi connectivity index (χ3n) is 6.59. The van der Waals surface area contributed by atoms with E-state index in [0.717, 1.165) is 69.1 Å². The minimum absolute atomic E-state index is 0.160. The summed E-state index contributed by atoms with van der Waals surface area (Å²) < 4.78 is 5.94. The highest BCUT2D eigenvalue weighted by atomic mass is 35.5. The van der Waals surface area contributed by atoms with Crippen LogP contribution in [0.2, 0.25) is 10.0 Å². The number of fused-ring (bicyclic) bond motifs is 3. The minimum atomic E-state index is 0.160. The summed E-state index contributed by atoms with van der Waals surface area (Å²) in [7, 11) is 0. The van der Waals surface area contributed by atoms with Gasteiger partial charge in [-0.15, -0.1) is 0 Å². The highest BCUT2D eigenvalue weighted by Crippen LogP contribution is 2.53. The zero-order valence-electron chi connectivity index (χ0n) is 17.4. The van der Waals surface area contributed by atoms with E-state index in [1.807, 2.05) is 30.3 Å². The maximum absolute atomic E-state index is 11.9. The van der Waals surface area contributed by atoms with Gasteiger partial charge in [-0.3, -0.25) is 9.69 Å². The van der Waals surface area contributed by atoms with E-state index in [1.165, 1.54) is 5.56 Å². The number of hydrogen-bond donors (Lipinski definition) is 1. The number of anilines is 2. The fourth-order valence-electron chi connectivity index (χ4n) is 4.69. The first-order chi connectivity index (χ1) is 15.1. The van der Waals surface area contributed by atoms with Crippen molar-refractivity contribution in [2.75, 3.05) is 49.5 Å². The molecule has 5 rings (SSSR count). The molecule has 0 radical (unpaired) electrons. The summed E-state index contributed by atoms with van der Waals surface area (Å²) in [6.45, 7) is 5.73. The Labute approximate surface area is 193 Å². The number of halogens is 2. The molecule has 2 atom stereocenters. The lowest BCUT2D eigenvalue weighted by atomic mass is 10.0. The van der Waals surface area contributed by atoms with E-state index in [9.17, 15) is 4.79 Å². The summed E-state index contributed by atoms with van der Waals surface area (Å²) in [6, 6.07) is 11.9. The first kappa shape index (κ1) is 20.9. The summed E-state index contributed by atoms with van der Waals surface area (Å²) in [4.78, 5) is 16.7. The van der Waals surface area contributed by atoms with Gasteiger partial charge in [0, 0.05) is 43.9 Å². The van der Waals surface area contributed by atoms with Gasteiger partial charge in [0.25, 0.3) is 0 Å². The number of ether oxygens (including phenoxy) is 1. The van der Waals surface area contributed by atoms with Crippen molar-refractivity contribution in [1.82, 2.24) is 4.90 Å². The van der Waals surface area contributed by atoms with Gasteiger partial charge in [-0.2, -0.15) is 0 Å². The topological polar surface area (TPSA) is 44.8 Å². The molecule has 31 heavy (non-hydrogen) atoms. The third-order valence-corrected chi connectivity index (χ3v) is 7.40. The van der Waals surface area contributed by atoms with Crippen molar-refractivity contribution in [1.29, 1.82) is 0 Å². The van der Waals surface area contributed by atoms with E-state index >= 15 is 0 Å². The normalized spacial score (nSPS) is 22.5. The highest BCUT2D eigenvalue weighted by molar-refractivity contribution is 6.43. The van der Waals surface area contributed by atoms with Gasteiger partial charge in [-0.1, -0.05) is 35.3 Å². The number of piperazine rings is 1. The Morgan fingerprint density at radius 3 is 2.71 bits per heavy atom. The van der Waals surface area contributed by atoms with Gasteiger partial charge in [0.15, 0.2) is 0 Å². The number of rotatable bonds is 7. The Morgan fingerprint density at radius 1 is 1.03 bits per heavy atom. The molecule has 1 saturated carbocycles. The average molecular weight is 460 g/mol. The maximum atomic E-state index is 11.9. The Balaban J connectivity index is 1.02. The standard InChI is InChI=1S/C24H27Cl2N3O2/c25-20-4-3-5-22(23(20)26)29-11-9-28(10-12-29)8-1-2-13-31-16-6-7-17-18-15-19(18)24(30)27-21(17)14-16/h3-7,14,18-19H,1-2,8-13,15H2,(H,27,30). The van der Waals surface area contributed by atoms with E-state index < -0.39 is 0 Å². The van der Waals surface area contributed by atoms with Gasteiger partial charge < -0.3 is 15.0 Å². The van der Waals surface area contributed by atoms with Crippen molar-refractivity contribution >= 4 is 40.5 Å². The number of carbonyl (C=O) groups is 1. The van der Waals surface area contributed by atoms with E-state index in [1.54, 1.807) is 0 Å². The van der Waals surface area contributed by atoms with Gasteiger partial charge in [-0.05, 0) is 55.5 Å². The van der Waals surface area contributed by atoms with E-state index in [0.29, 0.717) is 22.6 Å². The molecular formula is C24H27Cl2N3O2. The largest absolute Gasteiger partial charge is 0.494 e. The molecule has 1 N–H and O–H groups in total. The summed E-state index contributed by atoms with van der Waals surface area (Å²) in [5, 5.41) is 4.27. The minimum Gasteiger partial charge on any atom is -0.494 e. The first-order valence-electron chi connectivity index (χ1n) is 11.1. The Morgan fingerprint density at radius 2 is 1.87 bits per heavy atom. The molecule has 164 valence electrons. The number of nitrogens with zero attached hydrogens (tertiary/aromatic N) is 2. The van der Waals surface area contributed by atoms with Crippen molar-refractivity contribution < 1.29 is 9.53 Å². The number of benzene rings is 2. The molecule has 3 aliphatic rings. The summed E-state index contributed by atoms with van der Waals surface area (Å²) in [6.07, 6.45) is 3.09. The molecule has 1 amide bonds. The van der Waals surface area contributed by atoms with Crippen molar-refractivity contribution in [2.24, 2.45) is 5.92 Å². The molecule has 2 heterocycles. The molecule has 0 bridgehead atoms. The van der Waals surface area contributed by atoms with Gasteiger partial charge >= 0.3 is 0 Å². The Kier molecular flexibility index (Phi) is 6.00. The van der Waals surface area contributed by atoms with Crippen LogP contribution in [0.4, 0.5) is 11.4 Å². The van der Waals surface area contributed by atoms with E-state index in [4.69, 9.17) is 27.9 Å². The zero-order chi connectivity index (χ0) is 21.4. The Bertz CT molecular complexity index is 975. The van der Waals surface area contributed by atoms with Crippen molar-refractivity contribution in [3.63, 3.8) is 0 Å². The van der Waals surface area contributed by atoms with Crippen LogP contribution in [0.3, 0.4) is 0 Å². The lowest BCUT2D eigenvalue weighted by Crippen LogP contribution is -2.46. The monoisotopic (exact) mass is 459 g/mol. The molecule has 2 unspecified atom stereocenters. The van der Waals surface area contributed by atoms with Crippen LogP contribution in [-0.2, 0) is 4.79 Å². The van der Waals surface area contributed by atoms with Crippen molar-refractivity contribution in [3.05, 3.63) is 52.0 Å². The van der Waals surface area contributed by atoms with Crippen molar-refractivity contribution in [2.45, 2.75) is 25.2 Å². The average Bonchev–Trinajstić information content (AvgIpc) is 3.58. The smallest absolute Gasteiger partial charge is 0.228 e. The number of unbranched alkanes of at least 4 members (excludes halogenated alkanes) is 1. The van der Waals surface area contributed by atoms with Crippen LogP contribution in [0.1, 0.15) is 30.7 Å². The van der Waals surface area contributed by atoms with E-state index in [2.05, 4.69) is 21.2 Å². The first-order valence-corrected chi connectivity index (χ1v) is 11.8. The molecule has 5 nitrogen and oxygen atoms in total. The second-order valence-corrected chi connectivity index (χ2v) is 9.43. The number of nitrogens with one attached hydrogen (secondary N) is 1. The molecule has 1 saturated heterocycles. The molecule has 0 aromatic heterocycles. The molecule has 2 aliphatic heterocycles. The lowest BCUT2D eigenvalue weighted by molar-refractivity contribution is -0.117. The fourth-order valence-corrected chi connectivity index (χ4v) is 5.10. The molecular weight excluding hydrogens is 433 g/mol. The van der Waals surface area contributed by atoms with Crippen LogP contribution in [0.15, 0.2) is 36.4 Å². The highest BCUT2D eigenvalue weighted by Gasteiger charge is 2.48. The number of amides is 1. The second kappa shape index (κ2) is 8.89.